The Balaban J connectivity index is 1.26. The molecule has 0 unspecified atom stereocenters. The van der Waals surface area contributed by atoms with Crippen LogP contribution in [0.25, 0.3) is 0 Å². The molecular weight excluding hydrogens is 382 g/mol. The van der Waals surface area contributed by atoms with E-state index < -0.39 is 16.6 Å². The summed E-state index contributed by atoms with van der Waals surface area (Å²) in [4.78, 5) is 38.8. The molecule has 0 radical (unpaired) electrons. The highest BCUT2D eigenvalue weighted by atomic mass is 16.3. The lowest BCUT2D eigenvalue weighted by atomic mass is 9.47. The van der Waals surface area contributed by atoms with E-state index in [2.05, 4.69) is 10.6 Å². The predicted molar refractivity (Wildman–Crippen MR) is 110 cm³/mol. The van der Waals surface area contributed by atoms with E-state index in [1.807, 2.05) is 24.3 Å². The van der Waals surface area contributed by atoms with Crippen LogP contribution in [0.5, 0.6) is 0 Å². The summed E-state index contributed by atoms with van der Waals surface area (Å²) in [6.45, 7) is 3.57. The van der Waals surface area contributed by atoms with Gasteiger partial charge in [0, 0.05) is 5.69 Å². The fraction of sp³-hybridized carbons (Fsp3) is 0.609. The number of carbonyl (C=O) groups is 3. The lowest BCUT2D eigenvalue weighted by molar-refractivity contribution is -0.174. The molecule has 7 heteroatoms. The lowest BCUT2D eigenvalue weighted by Gasteiger charge is -2.59. The van der Waals surface area contributed by atoms with Gasteiger partial charge < -0.3 is 15.7 Å². The number of benzene rings is 1. The number of amides is 4. The normalized spacial score (nSPS) is 36.2. The first-order valence-corrected chi connectivity index (χ1v) is 10.8. The smallest absolute Gasteiger partial charge is 0.325 e. The summed E-state index contributed by atoms with van der Waals surface area (Å²) in [5, 5.41) is 16.6. The second kappa shape index (κ2) is 6.30. The highest BCUT2D eigenvalue weighted by Crippen LogP contribution is 2.61. The summed E-state index contributed by atoms with van der Waals surface area (Å²) in [5.74, 6) is 0.679. The Labute approximate surface area is 176 Å². The molecule has 7 nitrogen and oxygen atoms in total. The van der Waals surface area contributed by atoms with Crippen molar-refractivity contribution >= 4 is 23.5 Å². The minimum atomic E-state index is -0.882. The number of nitrogens with one attached hydrogen (secondary N) is 2. The van der Waals surface area contributed by atoms with E-state index in [-0.39, 0.29) is 24.4 Å². The molecule has 160 valence electrons. The Morgan fingerprint density at radius 3 is 2.30 bits per heavy atom. The van der Waals surface area contributed by atoms with Crippen LogP contribution in [-0.2, 0) is 16.1 Å². The zero-order valence-corrected chi connectivity index (χ0v) is 17.5. The maximum absolute atomic E-state index is 13.2. The van der Waals surface area contributed by atoms with E-state index >= 15 is 0 Å². The number of hydrogen-bond acceptors (Lipinski definition) is 4. The van der Waals surface area contributed by atoms with Crippen LogP contribution < -0.4 is 10.6 Å². The Bertz CT molecular complexity index is 909. The summed E-state index contributed by atoms with van der Waals surface area (Å²) in [7, 11) is 0. The van der Waals surface area contributed by atoms with Gasteiger partial charge in [-0.1, -0.05) is 12.1 Å². The topological polar surface area (TPSA) is 98.7 Å². The van der Waals surface area contributed by atoms with Crippen LogP contribution in [0.2, 0.25) is 0 Å². The fourth-order valence-corrected chi connectivity index (χ4v) is 6.58. The van der Waals surface area contributed by atoms with Gasteiger partial charge in [-0.25, -0.2) is 4.79 Å². The van der Waals surface area contributed by atoms with E-state index in [9.17, 15) is 19.5 Å². The van der Waals surface area contributed by atoms with Crippen molar-refractivity contribution in [3.05, 3.63) is 29.8 Å². The molecule has 1 aromatic carbocycles. The van der Waals surface area contributed by atoms with Crippen molar-refractivity contribution in [2.24, 2.45) is 17.3 Å². The van der Waals surface area contributed by atoms with Gasteiger partial charge in [-0.2, -0.15) is 0 Å². The maximum Gasteiger partial charge on any atom is 0.325 e. The van der Waals surface area contributed by atoms with Gasteiger partial charge in [-0.3, -0.25) is 14.5 Å². The molecule has 4 amide bonds. The van der Waals surface area contributed by atoms with Crippen LogP contribution in [0.1, 0.15) is 57.9 Å². The Kier molecular flexibility index (Phi) is 4.10. The third-order valence-electron chi connectivity index (χ3n) is 7.51. The zero-order chi connectivity index (χ0) is 21.3. The number of rotatable bonds is 4. The average molecular weight is 412 g/mol. The van der Waals surface area contributed by atoms with E-state index in [0.717, 1.165) is 37.7 Å². The van der Waals surface area contributed by atoms with Gasteiger partial charge in [-0.15, -0.1) is 0 Å². The van der Waals surface area contributed by atoms with Crippen molar-refractivity contribution in [3.63, 3.8) is 0 Å². The Hall–Kier alpha value is -2.41. The van der Waals surface area contributed by atoms with Crippen molar-refractivity contribution < 1.29 is 19.5 Å². The molecule has 30 heavy (non-hydrogen) atoms. The van der Waals surface area contributed by atoms with Gasteiger partial charge in [-0.05, 0) is 81.9 Å². The van der Waals surface area contributed by atoms with Crippen molar-refractivity contribution in [2.45, 2.75) is 70.1 Å². The van der Waals surface area contributed by atoms with Crippen LogP contribution in [0.3, 0.4) is 0 Å². The van der Waals surface area contributed by atoms with E-state index in [0.29, 0.717) is 23.9 Å². The third-order valence-corrected chi connectivity index (χ3v) is 7.51. The highest BCUT2D eigenvalue weighted by molar-refractivity contribution is 6.06. The quantitative estimate of drug-likeness (QED) is 0.664. The molecule has 1 heterocycles. The van der Waals surface area contributed by atoms with Crippen LogP contribution in [0.15, 0.2) is 24.3 Å². The first-order valence-electron chi connectivity index (χ1n) is 10.8. The largest absolute Gasteiger partial charge is 0.390 e. The molecule has 0 aromatic heterocycles. The molecule has 1 aromatic rings. The van der Waals surface area contributed by atoms with Gasteiger partial charge in [0.2, 0.25) is 5.91 Å². The molecule has 3 N–H and O–H groups in total. The summed E-state index contributed by atoms with van der Waals surface area (Å²) in [6, 6.07) is 6.89. The maximum atomic E-state index is 13.2. The number of aliphatic hydroxyl groups is 1. The van der Waals surface area contributed by atoms with Crippen LogP contribution in [0.4, 0.5) is 10.5 Å². The third kappa shape index (κ3) is 3.11. The predicted octanol–water partition coefficient (Wildman–Crippen LogP) is 2.79. The minimum Gasteiger partial charge on any atom is -0.390 e. The minimum absolute atomic E-state index is 0.0126. The molecule has 0 spiro atoms. The molecule has 4 aliphatic carbocycles. The zero-order valence-electron chi connectivity index (χ0n) is 17.5. The van der Waals surface area contributed by atoms with Crippen molar-refractivity contribution in [1.82, 2.24) is 10.2 Å². The second-order valence-electron chi connectivity index (χ2n) is 10.6. The van der Waals surface area contributed by atoms with Gasteiger partial charge >= 0.3 is 6.03 Å². The summed E-state index contributed by atoms with van der Waals surface area (Å²) < 4.78 is 0. The Morgan fingerprint density at radius 1 is 1.13 bits per heavy atom. The molecule has 5 aliphatic rings. The van der Waals surface area contributed by atoms with Gasteiger partial charge in [0.25, 0.3) is 5.91 Å². The number of nitrogens with zero attached hydrogens (tertiary/aromatic N) is 1. The van der Waals surface area contributed by atoms with E-state index in [4.69, 9.17) is 0 Å². The number of anilines is 1. The van der Waals surface area contributed by atoms with Gasteiger partial charge in [0.05, 0.1) is 17.6 Å². The van der Waals surface area contributed by atoms with Gasteiger partial charge in [0.1, 0.15) is 5.54 Å². The lowest BCUT2D eigenvalue weighted by Crippen LogP contribution is -2.59. The first kappa shape index (κ1) is 19.5. The molecule has 4 bridgehead atoms. The van der Waals surface area contributed by atoms with Gasteiger partial charge in [0.15, 0.2) is 0 Å². The number of carbonyl (C=O) groups excluding carboxylic acids is 3. The van der Waals surface area contributed by atoms with Crippen molar-refractivity contribution in [3.8, 4) is 0 Å². The number of urea groups is 1. The Morgan fingerprint density at radius 2 is 1.77 bits per heavy atom. The van der Waals surface area contributed by atoms with E-state index in [1.165, 1.54) is 4.90 Å². The molecule has 5 fully saturated rings. The molecule has 2 atom stereocenters. The molecular formula is C23H29N3O4. The second-order valence-corrected chi connectivity index (χ2v) is 10.6. The van der Waals surface area contributed by atoms with E-state index in [1.54, 1.807) is 13.8 Å². The first-order chi connectivity index (χ1) is 14.1. The van der Waals surface area contributed by atoms with Crippen LogP contribution >= 0.6 is 0 Å². The summed E-state index contributed by atoms with van der Waals surface area (Å²) in [5.41, 5.74) is -0.486. The molecule has 6 rings (SSSR count). The van der Waals surface area contributed by atoms with Crippen LogP contribution in [0, 0.1) is 17.3 Å². The molecule has 1 saturated heterocycles. The fourth-order valence-electron chi connectivity index (χ4n) is 6.58. The summed E-state index contributed by atoms with van der Waals surface area (Å²) in [6.07, 6.45) is 5.14. The molecule has 1 aliphatic heterocycles. The SMILES string of the molecule is CC1(C)NC(=O)N(Cc2ccc(NC(=O)C34C[C@@H]5C[C@H](CC(O)(C5)C3)C4)cc2)C1=O. The highest BCUT2D eigenvalue weighted by Gasteiger charge is 2.60. The monoisotopic (exact) mass is 411 g/mol. The number of imide groups is 1. The summed E-state index contributed by atoms with van der Waals surface area (Å²) >= 11 is 0. The standard InChI is InChI=1S/C23H29N3O4/c1-21(2)19(28)26(20(29)25-21)12-14-3-5-17(6-4-14)24-18(27)22-8-15-7-16(9-22)11-23(30,10-15)13-22/h3-6,15-16,30H,7-13H2,1-2H3,(H,24,27)(H,25,29)/t15-,16-,22?,23?/m0/s1. The molecule has 4 saturated carbocycles. The average Bonchev–Trinajstić information content (AvgIpc) is 2.83. The van der Waals surface area contributed by atoms with Crippen LogP contribution in [-0.4, -0.2) is 39.0 Å². The van der Waals surface area contributed by atoms with Crippen molar-refractivity contribution in [2.75, 3.05) is 5.32 Å². The number of hydrogen-bond donors (Lipinski definition) is 3. The van der Waals surface area contributed by atoms with Crippen molar-refractivity contribution in [1.29, 1.82) is 0 Å².